The summed E-state index contributed by atoms with van der Waals surface area (Å²) in [6, 6.07) is 9.17. The molecule has 2 amide bonds. The molecule has 0 aliphatic rings. The van der Waals surface area contributed by atoms with Gasteiger partial charge in [-0.15, -0.1) is 0 Å². The van der Waals surface area contributed by atoms with Gasteiger partial charge < -0.3 is 15.0 Å². The van der Waals surface area contributed by atoms with E-state index >= 15 is 0 Å². The van der Waals surface area contributed by atoms with Gasteiger partial charge in [0.2, 0.25) is 5.91 Å². The van der Waals surface area contributed by atoms with Crippen LogP contribution in [0.2, 0.25) is 0 Å². The fourth-order valence-corrected chi connectivity index (χ4v) is 1.99. The van der Waals surface area contributed by atoms with E-state index in [1.54, 1.807) is 17.0 Å². The summed E-state index contributed by atoms with van der Waals surface area (Å²) < 4.78 is 5.35. The van der Waals surface area contributed by atoms with E-state index < -0.39 is 0 Å². The first kappa shape index (κ1) is 17.0. The number of para-hydroxylation sites is 1. The van der Waals surface area contributed by atoms with Gasteiger partial charge in [-0.2, -0.15) is 0 Å². The second-order valence-corrected chi connectivity index (χ2v) is 5.79. The zero-order chi connectivity index (χ0) is 15.9. The minimum atomic E-state index is -0.253. The van der Waals surface area contributed by atoms with Crippen molar-refractivity contribution in [3.8, 4) is 5.75 Å². The molecule has 0 fully saturated rings. The molecule has 21 heavy (non-hydrogen) atoms. The highest BCUT2D eigenvalue weighted by Crippen LogP contribution is 2.12. The Morgan fingerprint density at radius 2 is 1.81 bits per heavy atom. The van der Waals surface area contributed by atoms with Gasteiger partial charge in [-0.25, -0.2) is 0 Å². The summed E-state index contributed by atoms with van der Waals surface area (Å²) in [7, 11) is 0. The molecule has 1 aromatic carbocycles. The molecule has 1 aromatic rings. The number of nitrogens with zero attached hydrogens (tertiary/aromatic N) is 1. The van der Waals surface area contributed by atoms with E-state index in [2.05, 4.69) is 5.32 Å². The molecule has 0 aliphatic heterocycles. The Morgan fingerprint density at radius 1 is 1.19 bits per heavy atom. The average molecular weight is 292 g/mol. The summed E-state index contributed by atoms with van der Waals surface area (Å²) in [5.74, 6) is 0.459. The van der Waals surface area contributed by atoms with E-state index in [-0.39, 0.29) is 24.0 Å². The molecule has 1 N–H and O–H groups in total. The Balaban J connectivity index is 2.31. The van der Waals surface area contributed by atoms with Crippen LogP contribution in [0.5, 0.6) is 5.75 Å². The normalized spacial score (nSPS) is 10.9. The number of hydrogen-bond donors (Lipinski definition) is 1. The minimum Gasteiger partial charge on any atom is -0.484 e. The number of hydrogen-bond acceptors (Lipinski definition) is 3. The summed E-state index contributed by atoms with van der Waals surface area (Å²) in [6.45, 7) is 8.30. The predicted octanol–water partition coefficient (Wildman–Crippen LogP) is 1.83. The van der Waals surface area contributed by atoms with E-state index in [1.807, 2.05) is 39.0 Å². The first-order chi connectivity index (χ1) is 9.80. The minimum absolute atomic E-state index is 0.00251. The Morgan fingerprint density at radius 3 is 2.33 bits per heavy atom. The van der Waals surface area contributed by atoms with Gasteiger partial charge in [-0.05, 0) is 32.9 Å². The number of nitrogens with one attached hydrogen (secondary N) is 1. The number of amides is 2. The van der Waals surface area contributed by atoms with Crippen LogP contribution in [-0.2, 0) is 9.59 Å². The monoisotopic (exact) mass is 292 g/mol. The Kier molecular flexibility index (Phi) is 6.21. The van der Waals surface area contributed by atoms with Crippen LogP contribution in [0, 0.1) is 0 Å². The van der Waals surface area contributed by atoms with Gasteiger partial charge in [0.1, 0.15) is 5.75 Å². The lowest BCUT2D eigenvalue weighted by molar-refractivity contribution is -0.134. The average Bonchev–Trinajstić information content (AvgIpc) is 2.40. The van der Waals surface area contributed by atoms with Gasteiger partial charge in [0.25, 0.3) is 5.91 Å². The molecule has 116 valence electrons. The smallest absolute Gasteiger partial charge is 0.258 e. The molecule has 0 saturated heterocycles. The van der Waals surface area contributed by atoms with E-state index in [0.717, 1.165) is 0 Å². The van der Waals surface area contributed by atoms with Gasteiger partial charge in [0.15, 0.2) is 6.61 Å². The molecule has 0 aliphatic carbocycles. The van der Waals surface area contributed by atoms with E-state index in [4.69, 9.17) is 4.74 Å². The summed E-state index contributed by atoms with van der Waals surface area (Å²) in [5.41, 5.74) is -0.253. The van der Waals surface area contributed by atoms with Gasteiger partial charge in [-0.3, -0.25) is 9.59 Å². The highest BCUT2D eigenvalue weighted by Gasteiger charge is 2.23. The lowest BCUT2D eigenvalue weighted by atomic mass is 10.1. The van der Waals surface area contributed by atoms with Crippen LogP contribution < -0.4 is 10.1 Å². The standard InChI is InChI=1S/C16H24N2O3/c1-13(19)18(16(2,3)4)11-10-17-15(20)12-21-14-8-6-5-7-9-14/h5-9H,10-12H2,1-4H3,(H,17,20). The van der Waals surface area contributed by atoms with Crippen molar-refractivity contribution in [2.24, 2.45) is 0 Å². The molecule has 0 spiro atoms. The molecule has 5 heteroatoms. The highest BCUT2D eigenvalue weighted by atomic mass is 16.5. The zero-order valence-electron chi connectivity index (χ0n) is 13.2. The van der Waals surface area contributed by atoms with Crippen LogP contribution in [-0.4, -0.2) is 41.9 Å². The number of ether oxygens (including phenoxy) is 1. The first-order valence-corrected chi connectivity index (χ1v) is 7.03. The van der Waals surface area contributed by atoms with E-state index in [9.17, 15) is 9.59 Å². The molecule has 0 radical (unpaired) electrons. The van der Waals surface area contributed by atoms with Crippen LogP contribution in [0.15, 0.2) is 30.3 Å². The van der Waals surface area contributed by atoms with Crippen molar-refractivity contribution in [2.75, 3.05) is 19.7 Å². The second-order valence-electron chi connectivity index (χ2n) is 5.79. The molecular formula is C16H24N2O3. The SMILES string of the molecule is CC(=O)N(CCNC(=O)COc1ccccc1)C(C)(C)C. The van der Waals surface area contributed by atoms with Crippen LogP contribution in [0.25, 0.3) is 0 Å². The highest BCUT2D eigenvalue weighted by molar-refractivity contribution is 5.77. The quantitative estimate of drug-likeness (QED) is 0.870. The van der Waals surface area contributed by atoms with Crippen LogP contribution in [0.3, 0.4) is 0 Å². The van der Waals surface area contributed by atoms with Gasteiger partial charge in [-0.1, -0.05) is 18.2 Å². The van der Waals surface area contributed by atoms with Gasteiger partial charge in [0, 0.05) is 25.6 Å². The number of benzene rings is 1. The van der Waals surface area contributed by atoms with Crippen LogP contribution in [0.1, 0.15) is 27.7 Å². The first-order valence-electron chi connectivity index (χ1n) is 7.03. The summed E-state index contributed by atoms with van der Waals surface area (Å²) in [5, 5.41) is 2.75. The van der Waals surface area contributed by atoms with E-state index in [1.165, 1.54) is 6.92 Å². The molecule has 5 nitrogen and oxygen atoms in total. The third kappa shape index (κ3) is 6.29. The predicted molar refractivity (Wildman–Crippen MR) is 82.1 cm³/mol. The second kappa shape index (κ2) is 7.67. The molecular weight excluding hydrogens is 268 g/mol. The molecule has 0 unspecified atom stereocenters. The fourth-order valence-electron chi connectivity index (χ4n) is 1.99. The topological polar surface area (TPSA) is 58.6 Å². The third-order valence-electron chi connectivity index (χ3n) is 2.96. The number of carbonyl (C=O) groups excluding carboxylic acids is 2. The number of rotatable bonds is 6. The lowest BCUT2D eigenvalue weighted by Crippen LogP contribution is -2.48. The van der Waals surface area contributed by atoms with Crippen LogP contribution >= 0.6 is 0 Å². The molecule has 0 atom stereocenters. The molecule has 0 saturated carbocycles. The molecule has 0 bridgehead atoms. The van der Waals surface area contributed by atoms with Crippen molar-refractivity contribution in [3.05, 3.63) is 30.3 Å². The van der Waals surface area contributed by atoms with Gasteiger partial charge in [0.05, 0.1) is 0 Å². The van der Waals surface area contributed by atoms with Crippen molar-refractivity contribution < 1.29 is 14.3 Å². The summed E-state index contributed by atoms with van der Waals surface area (Å²) in [6.07, 6.45) is 0. The van der Waals surface area contributed by atoms with Crippen molar-refractivity contribution in [3.63, 3.8) is 0 Å². The largest absolute Gasteiger partial charge is 0.484 e. The number of carbonyl (C=O) groups is 2. The van der Waals surface area contributed by atoms with Crippen molar-refractivity contribution in [1.29, 1.82) is 0 Å². The van der Waals surface area contributed by atoms with E-state index in [0.29, 0.717) is 18.8 Å². The van der Waals surface area contributed by atoms with Gasteiger partial charge >= 0.3 is 0 Å². The maximum absolute atomic E-state index is 11.7. The van der Waals surface area contributed by atoms with Crippen molar-refractivity contribution in [2.45, 2.75) is 33.2 Å². The Labute approximate surface area is 126 Å². The third-order valence-corrected chi connectivity index (χ3v) is 2.96. The summed E-state index contributed by atoms with van der Waals surface area (Å²) >= 11 is 0. The maximum Gasteiger partial charge on any atom is 0.258 e. The lowest BCUT2D eigenvalue weighted by Gasteiger charge is -2.35. The molecule has 0 aromatic heterocycles. The fraction of sp³-hybridized carbons (Fsp3) is 0.500. The van der Waals surface area contributed by atoms with Crippen molar-refractivity contribution >= 4 is 11.8 Å². The molecule has 0 heterocycles. The summed E-state index contributed by atoms with van der Waals surface area (Å²) in [4.78, 5) is 25.0. The zero-order valence-corrected chi connectivity index (χ0v) is 13.2. The van der Waals surface area contributed by atoms with Crippen LogP contribution in [0.4, 0.5) is 0 Å². The van der Waals surface area contributed by atoms with Crippen molar-refractivity contribution in [1.82, 2.24) is 10.2 Å². The molecule has 1 rings (SSSR count). The Bertz CT molecular complexity index is 466. The Hall–Kier alpha value is -2.04. The maximum atomic E-state index is 11.7.